The van der Waals surface area contributed by atoms with Crippen molar-refractivity contribution in [2.45, 2.75) is 26.3 Å². The van der Waals surface area contributed by atoms with Gasteiger partial charge in [-0.2, -0.15) is 9.97 Å². The van der Waals surface area contributed by atoms with Crippen molar-refractivity contribution in [3.8, 4) is 0 Å². The zero-order valence-corrected chi connectivity index (χ0v) is 10.2. The Kier molecular flexibility index (Phi) is 2.62. The van der Waals surface area contributed by atoms with Crippen LogP contribution in [0.25, 0.3) is 11.2 Å². The van der Waals surface area contributed by atoms with Crippen LogP contribution in [0.4, 0.5) is 11.8 Å². The first-order chi connectivity index (χ1) is 7.93. The average Bonchev–Trinajstić information content (AvgIpc) is 2.61. The van der Waals surface area contributed by atoms with Crippen LogP contribution in [-0.2, 0) is 5.54 Å². The highest BCUT2D eigenvalue weighted by molar-refractivity contribution is 5.83. The van der Waals surface area contributed by atoms with Crippen LogP contribution in [0.15, 0.2) is 6.33 Å². The number of imidazole rings is 1. The highest BCUT2D eigenvalue weighted by Gasteiger charge is 2.19. The summed E-state index contributed by atoms with van der Waals surface area (Å²) in [5.74, 6) is 0.775. The van der Waals surface area contributed by atoms with Gasteiger partial charge in [0, 0.05) is 5.54 Å². The highest BCUT2D eigenvalue weighted by atomic mass is 15.2. The average molecular weight is 235 g/mol. The molecule has 0 fully saturated rings. The van der Waals surface area contributed by atoms with Gasteiger partial charge >= 0.3 is 0 Å². The van der Waals surface area contributed by atoms with Crippen molar-refractivity contribution >= 4 is 22.9 Å². The van der Waals surface area contributed by atoms with E-state index in [-0.39, 0.29) is 12.2 Å². The molecule has 2 rings (SSSR count). The Balaban J connectivity index is 2.66. The summed E-state index contributed by atoms with van der Waals surface area (Å²) in [5, 5.41) is 2.84. The molecule has 0 bridgehead atoms. The molecule has 0 unspecified atom stereocenters. The Morgan fingerprint density at radius 1 is 1.35 bits per heavy atom. The molecule has 92 valence electrons. The van der Waals surface area contributed by atoms with Crippen LogP contribution in [0, 0.1) is 0 Å². The van der Waals surface area contributed by atoms with Gasteiger partial charge in [0.05, 0.1) is 13.0 Å². The first-order valence-corrected chi connectivity index (χ1v) is 5.38. The summed E-state index contributed by atoms with van der Waals surface area (Å²) in [6.07, 6.45) is 1.72. The molecule has 2 heterocycles. The monoisotopic (exact) mass is 235 g/mol. The van der Waals surface area contributed by atoms with E-state index in [0.29, 0.717) is 22.9 Å². The van der Waals surface area contributed by atoms with Gasteiger partial charge < -0.3 is 21.4 Å². The molecule has 7 heteroatoms. The Labute approximate surface area is 99.2 Å². The van der Waals surface area contributed by atoms with Gasteiger partial charge in [-0.05, 0) is 20.8 Å². The van der Waals surface area contributed by atoms with Gasteiger partial charge in [0.2, 0.25) is 5.95 Å². The molecule has 17 heavy (non-hydrogen) atoms. The molecule has 0 amide bonds. The van der Waals surface area contributed by atoms with Crippen molar-refractivity contribution < 1.29 is 0 Å². The molecular formula is C10H17N7. The maximum atomic E-state index is 5.84. The molecule has 0 atom stereocenters. The number of nitrogens with two attached hydrogens (primary N) is 2. The Hall–Kier alpha value is -1.89. The summed E-state index contributed by atoms with van der Waals surface area (Å²) in [4.78, 5) is 12.7. The summed E-state index contributed by atoms with van der Waals surface area (Å²) in [6, 6.07) is 0. The van der Waals surface area contributed by atoms with Gasteiger partial charge in [-0.25, -0.2) is 4.98 Å². The fraction of sp³-hybridized carbons (Fsp3) is 0.500. The van der Waals surface area contributed by atoms with Crippen molar-refractivity contribution in [1.29, 1.82) is 0 Å². The Bertz CT molecular complexity index is 537. The normalized spacial score (nSPS) is 12.0. The summed E-state index contributed by atoms with van der Waals surface area (Å²) in [5.41, 5.74) is 12.4. The minimum Gasteiger partial charge on any atom is -0.382 e. The third kappa shape index (κ3) is 2.01. The second kappa shape index (κ2) is 3.85. The van der Waals surface area contributed by atoms with Gasteiger partial charge in [0.15, 0.2) is 11.5 Å². The topological polar surface area (TPSA) is 108 Å². The quantitative estimate of drug-likeness (QED) is 0.654. The van der Waals surface area contributed by atoms with Crippen LogP contribution >= 0.6 is 0 Å². The zero-order chi connectivity index (χ0) is 12.6. The number of rotatable bonds is 2. The molecule has 2 aromatic heterocycles. The van der Waals surface area contributed by atoms with Crippen molar-refractivity contribution in [3.63, 3.8) is 0 Å². The predicted molar refractivity (Wildman–Crippen MR) is 67.4 cm³/mol. The van der Waals surface area contributed by atoms with Crippen LogP contribution in [0.5, 0.6) is 0 Å². The molecule has 0 aromatic carbocycles. The second-order valence-corrected chi connectivity index (χ2v) is 4.77. The SMILES string of the molecule is CC(C)(C)n1cnc2c(N)nc(NCN)nc21. The molecule has 0 aliphatic rings. The molecule has 7 nitrogen and oxygen atoms in total. The van der Waals surface area contributed by atoms with Crippen LogP contribution in [-0.4, -0.2) is 26.2 Å². The van der Waals surface area contributed by atoms with E-state index < -0.39 is 0 Å². The van der Waals surface area contributed by atoms with E-state index in [1.165, 1.54) is 0 Å². The molecular weight excluding hydrogens is 218 g/mol. The van der Waals surface area contributed by atoms with Crippen molar-refractivity contribution in [2.24, 2.45) is 5.73 Å². The lowest BCUT2D eigenvalue weighted by atomic mass is 10.1. The van der Waals surface area contributed by atoms with Gasteiger partial charge in [0.1, 0.15) is 5.52 Å². The van der Waals surface area contributed by atoms with Crippen molar-refractivity contribution in [1.82, 2.24) is 19.5 Å². The number of fused-ring (bicyclic) bond motifs is 1. The van der Waals surface area contributed by atoms with Gasteiger partial charge in [-0.1, -0.05) is 0 Å². The van der Waals surface area contributed by atoms with Crippen LogP contribution in [0.3, 0.4) is 0 Å². The number of nitrogens with one attached hydrogen (secondary N) is 1. The molecule has 2 aromatic rings. The Morgan fingerprint density at radius 2 is 2.06 bits per heavy atom. The standard InChI is InChI=1S/C10H17N7/c1-10(2,3)17-5-14-6-7(12)15-9(13-4-11)16-8(6)17/h5H,4,11H2,1-3H3,(H3,12,13,15,16). The maximum Gasteiger partial charge on any atom is 0.227 e. The molecule has 0 aliphatic carbocycles. The molecule has 0 spiro atoms. The van der Waals surface area contributed by atoms with Crippen molar-refractivity contribution in [3.05, 3.63) is 6.33 Å². The van der Waals surface area contributed by atoms with Gasteiger partial charge in [0.25, 0.3) is 0 Å². The molecule has 0 saturated heterocycles. The minimum absolute atomic E-state index is 0.116. The number of hydrogen-bond acceptors (Lipinski definition) is 6. The predicted octanol–water partition coefficient (Wildman–Crippen LogP) is 0.492. The van der Waals surface area contributed by atoms with E-state index in [4.69, 9.17) is 11.5 Å². The largest absolute Gasteiger partial charge is 0.382 e. The molecule has 5 N–H and O–H groups in total. The number of aromatic nitrogens is 4. The highest BCUT2D eigenvalue weighted by Crippen LogP contribution is 2.23. The number of hydrogen-bond donors (Lipinski definition) is 3. The van der Waals surface area contributed by atoms with Crippen LogP contribution < -0.4 is 16.8 Å². The van der Waals surface area contributed by atoms with E-state index in [9.17, 15) is 0 Å². The van der Waals surface area contributed by atoms with Crippen molar-refractivity contribution in [2.75, 3.05) is 17.7 Å². The second-order valence-electron chi connectivity index (χ2n) is 4.77. The van der Waals surface area contributed by atoms with E-state index in [2.05, 4.69) is 41.0 Å². The third-order valence-electron chi connectivity index (χ3n) is 2.41. The lowest BCUT2D eigenvalue weighted by Crippen LogP contribution is -2.21. The molecule has 0 saturated carbocycles. The summed E-state index contributed by atoms with van der Waals surface area (Å²) >= 11 is 0. The smallest absolute Gasteiger partial charge is 0.227 e. The first-order valence-electron chi connectivity index (χ1n) is 5.38. The fourth-order valence-corrected chi connectivity index (χ4v) is 1.58. The van der Waals surface area contributed by atoms with Gasteiger partial charge in [-0.15, -0.1) is 0 Å². The van der Waals surface area contributed by atoms with E-state index in [0.717, 1.165) is 0 Å². The molecule has 0 radical (unpaired) electrons. The lowest BCUT2D eigenvalue weighted by Gasteiger charge is -2.21. The lowest BCUT2D eigenvalue weighted by molar-refractivity contribution is 0.406. The summed E-state index contributed by atoms with van der Waals surface area (Å²) in [6.45, 7) is 6.47. The number of nitrogen functional groups attached to an aromatic ring is 1. The van der Waals surface area contributed by atoms with E-state index >= 15 is 0 Å². The Morgan fingerprint density at radius 3 is 2.65 bits per heavy atom. The number of nitrogens with zero attached hydrogens (tertiary/aromatic N) is 4. The first kappa shape index (κ1) is 11.6. The zero-order valence-electron chi connectivity index (χ0n) is 10.2. The van der Waals surface area contributed by atoms with Gasteiger partial charge in [-0.3, -0.25) is 0 Å². The minimum atomic E-state index is -0.116. The molecule has 0 aliphatic heterocycles. The fourth-order valence-electron chi connectivity index (χ4n) is 1.58. The van der Waals surface area contributed by atoms with E-state index in [1.807, 2.05) is 4.57 Å². The third-order valence-corrected chi connectivity index (χ3v) is 2.41. The summed E-state index contributed by atoms with van der Waals surface area (Å²) in [7, 11) is 0. The maximum absolute atomic E-state index is 5.84. The van der Waals surface area contributed by atoms with E-state index in [1.54, 1.807) is 6.33 Å². The number of anilines is 2. The summed E-state index contributed by atoms with van der Waals surface area (Å²) < 4.78 is 1.96. The van der Waals surface area contributed by atoms with Crippen LogP contribution in [0.1, 0.15) is 20.8 Å². The van der Waals surface area contributed by atoms with Crippen LogP contribution in [0.2, 0.25) is 0 Å².